The molecule has 2 aromatic carbocycles. The van der Waals surface area contributed by atoms with Gasteiger partial charge in [-0.15, -0.1) is 0 Å². The van der Waals surface area contributed by atoms with Crippen LogP contribution in [0.4, 0.5) is 0 Å². The van der Waals surface area contributed by atoms with Gasteiger partial charge in [-0.05, 0) is 82.2 Å². The average molecular weight is 487 g/mol. The van der Waals surface area contributed by atoms with Gasteiger partial charge in [0.05, 0.1) is 11.0 Å². The minimum absolute atomic E-state index is 0.133. The summed E-state index contributed by atoms with van der Waals surface area (Å²) in [6, 6.07) is 12.8. The first-order valence-corrected chi connectivity index (χ1v) is 13.8. The molecule has 2 saturated carbocycles. The summed E-state index contributed by atoms with van der Waals surface area (Å²) in [7, 11) is 2.18. The number of phenolic OH excluding ortho intramolecular Hbond substituents is 1. The molecule has 2 aliphatic heterocycles. The summed E-state index contributed by atoms with van der Waals surface area (Å²) in [6.07, 6.45) is 10.4. The van der Waals surface area contributed by atoms with Crippen LogP contribution in [0.25, 0.3) is 6.08 Å². The molecule has 2 aromatic rings. The average Bonchev–Trinajstić information content (AvgIpc) is 3.59. The maximum absolute atomic E-state index is 12.6. The lowest BCUT2D eigenvalue weighted by Crippen LogP contribution is -2.78. The van der Waals surface area contributed by atoms with E-state index in [1.165, 1.54) is 29.5 Å². The third-order valence-corrected chi connectivity index (χ3v) is 10.0. The molecule has 3 fully saturated rings. The van der Waals surface area contributed by atoms with Crippen LogP contribution in [-0.4, -0.2) is 70.5 Å². The molecule has 2 heterocycles. The Morgan fingerprint density at radius 1 is 1.17 bits per heavy atom. The van der Waals surface area contributed by atoms with E-state index in [1.807, 2.05) is 0 Å². The van der Waals surface area contributed by atoms with Crippen molar-refractivity contribution in [3.63, 3.8) is 0 Å². The molecule has 3 aliphatic carbocycles. The molecule has 5 heteroatoms. The van der Waals surface area contributed by atoms with Crippen LogP contribution in [0.15, 0.2) is 42.5 Å². The second-order valence-electron chi connectivity index (χ2n) is 12.2. The van der Waals surface area contributed by atoms with Crippen molar-refractivity contribution in [2.45, 2.75) is 74.7 Å². The van der Waals surface area contributed by atoms with Gasteiger partial charge in [0, 0.05) is 30.7 Å². The summed E-state index contributed by atoms with van der Waals surface area (Å²) in [4.78, 5) is 5.00. The number of rotatable bonds is 6. The third kappa shape index (κ3) is 3.19. The van der Waals surface area contributed by atoms with Crippen molar-refractivity contribution in [1.82, 2.24) is 9.80 Å². The van der Waals surface area contributed by atoms with Gasteiger partial charge in [-0.3, -0.25) is 9.80 Å². The summed E-state index contributed by atoms with van der Waals surface area (Å²) in [6.45, 7) is 5.06. The second kappa shape index (κ2) is 8.08. The zero-order valence-electron chi connectivity index (χ0n) is 21.5. The minimum atomic E-state index is -0.814. The zero-order chi connectivity index (χ0) is 24.7. The lowest BCUT2D eigenvalue weighted by molar-refractivity contribution is -0.199. The molecule has 2 bridgehead atoms. The molecule has 5 atom stereocenters. The van der Waals surface area contributed by atoms with Gasteiger partial charge in [-0.2, -0.15) is 0 Å². The van der Waals surface area contributed by atoms with Crippen molar-refractivity contribution in [2.24, 2.45) is 5.92 Å². The molecule has 36 heavy (non-hydrogen) atoms. The van der Waals surface area contributed by atoms with Crippen molar-refractivity contribution >= 4 is 6.08 Å². The fourth-order valence-electron chi connectivity index (χ4n) is 8.17. The van der Waals surface area contributed by atoms with Crippen LogP contribution >= 0.6 is 0 Å². The van der Waals surface area contributed by atoms with E-state index >= 15 is 0 Å². The number of aryl methyl sites for hydroxylation is 1. The second-order valence-corrected chi connectivity index (χ2v) is 12.2. The first kappa shape index (κ1) is 22.8. The topological polar surface area (TPSA) is 56.2 Å². The zero-order valence-corrected chi connectivity index (χ0v) is 21.5. The van der Waals surface area contributed by atoms with Crippen LogP contribution in [-0.2, 0) is 11.8 Å². The van der Waals surface area contributed by atoms with Crippen molar-refractivity contribution in [2.75, 3.05) is 26.7 Å². The van der Waals surface area contributed by atoms with Crippen molar-refractivity contribution in [3.05, 3.63) is 64.7 Å². The normalized spacial score (nSPS) is 34.7. The minimum Gasteiger partial charge on any atom is -0.504 e. The van der Waals surface area contributed by atoms with E-state index in [1.54, 1.807) is 6.07 Å². The molecule has 2 N–H and O–H groups in total. The highest BCUT2D eigenvalue weighted by atomic mass is 16.5. The van der Waals surface area contributed by atoms with Gasteiger partial charge in [0.25, 0.3) is 0 Å². The molecule has 1 saturated heterocycles. The SMILES string of the molecule is Cc1cccc(/C=C/CN(C)C2CC[C@@]3(O)[C@H]4Cc5ccc(O)c6c5[C@@]3(CCN4CC3CC3)C2O6)c1. The molecule has 7 rings (SSSR count). The molecule has 1 spiro atoms. The van der Waals surface area contributed by atoms with Gasteiger partial charge >= 0.3 is 0 Å². The number of hydrogen-bond donors (Lipinski definition) is 2. The van der Waals surface area contributed by atoms with E-state index in [0.29, 0.717) is 5.75 Å². The summed E-state index contributed by atoms with van der Waals surface area (Å²) in [5, 5.41) is 23.5. The number of nitrogens with zero attached hydrogens (tertiary/aromatic N) is 2. The van der Waals surface area contributed by atoms with Crippen LogP contribution in [0.3, 0.4) is 0 Å². The third-order valence-electron chi connectivity index (χ3n) is 10.0. The highest BCUT2D eigenvalue weighted by Gasteiger charge is 2.73. The van der Waals surface area contributed by atoms with Gasteiger partial charge < -0.3 is 14.9 Å². The van der Waals surface area contributed by atoms with E-state index in [9.17, 15) is 10.2 Å². The quantitative estimate of drug-likeness (QED) is 0.639. The number of ether oxygens (including phenoxy) is 1. The Hall–Kier alpha value is -2.34. The van der Waals surface area contributed by atoms with E-state index in [-0.39, 0.29) is 23.9 Å². The van der Waals surface area contributed by atoms with Gasteiger partial charge in [0.2, 0.25) is 0 Å². The van der Waals surface area contributed by atoms with Crippen LogP contribution in [0, 0.1) is 12.8 Å². The molecule has 5 aliphatic rings. The number of hydrogen-bond acceptors (Lipinski definition) is 5. The smallest absolute Gasteiger partial charge is 0.165 e. The van der Waals surface area contributed by atoms with Crippen molar-refractivity contribution in [3.8, 4) is 11.5 Å². The van der Waals surface area contributed by atoms with Crippen LogP contribution < -0.4 is 4.74 Å². The molecule has 2 unspecified atom stereocenters. The first-order chi connectivity index (χ1) is 17.4. The van der Waals surface area contributed by atoms with Gasteiger partial charge in [-0.1, -0.05) is 48.0 Å². The molecule has 0 aromatic heterocycles. The van der Waals surface area contributed by atoms with Crippen LogP contribution in [0.1, 0.15) is 54.4 Å². The number of likely N-dealkylation sites (N-methyl/N-ethyl adjacent to an activating group) is 1. The fourth-order valence-corrected chi connectivity index (χ4v) is 8.17. The first-order valence-electron chi connectivity index (χ1n) is 13.8. The Kier molecular flexibility index (Phi) is 5.12. The molecular formula is C31H38N2O3. The summed E-state index contributed by atoms with van der Waals surface area (Å²) in [5.41, 5.74) is 3.61. The molecule has 190 valence electrons. The predicted octanol–water partition coefficient (Wildman–Crippen LogP) is 4.28. The number of aromatic hydroxyl groups is 1. The Labute approximate surface area is 214 Å². The molecule has 5 nitrogen and oxygen atoms in total. The highest BCUT2D eigenvalue weighted by molar-refractivity contribution is 5.62. The number of phenols is 1. The Bertz CT molecular complexity index is 1220. The maximum atomic E-state index is 12.6. The molecular weight excluding hydrogens is 448 g/mol. The summed E-state index contributed by atoms with van der Waals surface area (Å²) < 4.78 is 6.72. The Morgan fingerprint density at radius 3 is 2.83 bits per heavy atom. The number of piperidine rings is 1. The summed E-state index contributed by atoms with van der Waals surface area (Å²) in [5.74, 6) is 1.66. The standard InChI is InChI=1S/C31H38N2O3/c1-20-5-3-6-21(17-20)7-4-15-32(2)24-12-13-31(35)26-18-23-10-11-25(34)28-27(23)30(31,29(24)36-28)14-16-33(26)19-22-8-9-22/h3-7,10-11,17,22,24,26,29,34-35H,8-9,12-16,18-19H2,1-2H3/b7-4+/t24?,26-,29?,30+,31-/m1/s1. The predicted molar refractivity (Wildman–Crippen MR) is 141 cm³/mol. The fraction of sp³-hybridized carbons (Fsp3) is 0.548. The largest absolute Gasteiger partial charge is 0.504 e. The maximum Gasteiger partial charge on any atom is 0.165 e. The number of likely N-dealkylation sites (tertiary alicyclic amines) is 1. The van der Waals surface area contributed by atoms with Crippen LogP contribution in [0.5, 0.6) is 11.5 Å². The van der Waals surface area contributed by atoms with Crippen LogP contribution in [0.2, 0.25) is 0 Å². The van der Waals surface area contributed by atoms with E-state index in [4.69, 9.17) is 4.74 Å². The van der Waals surface area contributed by atoms with E-state index in [0.717, 1.165) is 56.8 Å². The lowest BCUT2D eigenvalue weighted by atomic mass is 9.48. The van der Waals surface area contributed by atoms with Gasteiger partial charge in [-0.25, -0.2) is 0 Å². The van der Waals surface area contributed by atoms with E-state index in [2.05, 4.69) is 66.3 Å². The molecule has 0 amide bonds. The number of aliphatic hydroxyl groups is 1. The lowest BCUT2D eigenvalue weighted by Gasteiger charge is -2.64. The van der Waals surface area contributed by atoms with Crippen molar-refractivity contribution in [1.29, 1.82) is 0 Å². The monoisotopic (exact) mass is 486 g/mol. The molecule has 0 radical (unpaired) electrons. The Balaban J connectivity index is 1.22. The van der Waals surface area contributed by atoms with Gasteiger partial charge in [0.15, 0.2) is 11.5 Å². The Morgan fingerprint density at radius 2 is 2.03 bits per heavy atom. The van der Waals surface area contributed by atoms with E-state index < -0.39 is 11.0 Å². The highest BCUT2D eigenvalue weighted by Crippen LogP contribution is 2.66. The number of benzene rings is 2. The van der Waals surface area contributed by atoms with Gasteiger partial charge in [0.1, 0.15) is 6.10 Å². The summed E-state index contributed by atoms with van der Waals surface area (Å²) >= 11 is 0. The van der Waals surface area contributed by atoms with Crippen molar-refractivity contribution < 1.29 is 14.9 Å².